The van der Waals surface area contributed by atoms with Gasteiger partial charge in [0.15, 0.2) is 0 Å². The Morgan fingerprint density at radius 3 is 2.55 bits per heavy atom. The Balaban J connectivity index is 2.09. The molecule has 3 N–H and O–H groups in total. The standard InChI is InChI=1S/C17H21ClN2/c18-16-9-8-15(7-4-11-20-12-10-19)17(13-16)14-5-2-1-3-6-14/h1-3,5-6,8-9,13,20H,4,7,10-12,19H2. The molecule has 0 aliphatic rings. The highest BCUT2D eigenvalue weighted by atomic mass is 35.5. The van der Waals surface area contributed by atoms with Gasteiger partial charge in [-0.25, -0.2) is 0 Å². The predicted molar refractivity (Wildman–Crippen MR) is 87.1 cm³/mol. The molecule has 0 amide bonds. The molecule has 2 aromatic carbocycles. The molecule has 2 rings (SSSR count). The maximum atomic E-state index is 6.14. The van der Waals surface area contributed by atoms with Crippen LogP contribution in [-0.2, 0) is 6.42 Å². The summed E-state index contributed by atoms with van der Waals surface area (Å²) in [5.74, 6) is 0. The molecule has 0 aliphatic heterocycles. The lowest BCUT2D eigenvalue weighted by Crippen LogP contribution is -2.23. The molecule has 0 heterocycles. The maximum absolute atomic E-state index is 6.14. The first-order valence-corrected chi connectivity index (χ1v) is 7.43. The lowest BCUT2D eigenvalue weighted by molar-refractivity contribution is 0.653. The summed E-state index contributed by atoms with van der Waals surface area (Å²) in [5.41, 5.74) is 9.26. The minimum Gasteiger partial charge on any atom is -0.329 e. The van der Waals surface area contributed by atoms with Gasteiger partial charge in [-0.2, -0.15) is 0 Å². The van der Waals surface area contributed by atoms with Crippen LogP contribution in [0.1, 0.15) is 12.0 Å². The fourth-order valence-electron chi connectivity index (χ4n) is 2.28. The van der Waals surface area contributed by atoms with Crippen molar-refractivity contribution in [2.45, 2.75) is 12.8 Å². The molecule has 0 fully saturated rings. The summed E-state index contributed by atoms with van der Waals surface area (Å²) in [4.78, 5) is 0. The number of nitrogens with two attached hydrogens (primary N) is 1. The van der Waals surface area contributed by atoms with Gasteiger partial charge in [0.25, 0.3) is 0 Å². The van der Waals surface area contributed by atoms with Crippen LogP contribution in [0, 0.1) is 0 Å². The monoisotopic (exact) mass is 288 g/mol. The number of benzene rings is 2. The van der Waals surface area contributed by atoms with Crippen LogP contribution in [0.5, 0.6) is 0 Å². The molecule has 0 bridgehead atoms. The van der Waals surface area contributed by atoms with E-state index in [9.17, 15) is 0 Å². The quantitative estimate of drug-likeness (QED) is 0.766. The smallest absolute Gasteiger partial charge is 0.0412 e. The number of aryl methyl sites for hydroxylation is 1. The molecule has 0 saturated heterocycles. The highest BCUT2D eigenvalue weighted by molar-refractivity contribution is 6.30. The van der Waals surface area contributed by atoms with E-state index >= 15 is 0 Å². The largest absolute Gasteiger partial charge is 0.329 e. The second kappa shape index (κ2) is 8.05. The molecule has 2 nitrogen and oxygen atoms in total. The molecule has 2 aromatic rings. The van der Waals surface area contributed by atoms with Gasteiger partial charge in [0.05, 0.1) is 0 Å². The highest BCUT2D eigenvalue weighted by Gasteiger charge is 2.05. The summed E-state index contributed by atoms with van der Waals surface area (Å²) in [7, 11) is 0. The average Bonchev–Trinajstić information content (AvgIpc) is 2.49. The number of halogens is 1. The van der Waals surface area contributed by atoms with Crippen molar-refractivity contribution >= 4 is 11.6 Å². The fraction of sp³-hybridized carbons (Fsp3) is 0.294. The van der Waals surface area contributed by atoms with Crippen LogP contribution >= 0.6 is 11.6 Å². The third-order valence-corrected chi connectivity index (χ3v) is 3.51. The van der Waals surface area contributed by atoms with Gasteiger partial charge in [-0.3, -0.25) is 0 Å². The van der Waals surface area contributed by atoms with Crippen LogP contribution in [0.25, 0.3) is 11.1 Å². The molecule has 0 aliphatic carbocycles. The van der Waals surface area contributed by atoms with E-state index in [-0.39, 0.29) is 0 Å². The van der Waals surface area contributed by atoms with Crippen molar-refractivity contribution in [3.05, 3.63) is 59.1 Å². The minimum absolute atomic E-state index is 0.691. The first-order chi connectivity index (χ1) is 9.81. The summed E-state index contributed by atoms with van der Waals surface area (Å²) in [6, 6.07) is 16.6. The van der Waals surface area contributed by atoms with E-state index < -0.39 is 0 Å². The minimum atomic E-state index is 0.691. The van der Waals surface area contributed by atoms with Gasteiger partial charge in [-0.05, 0) is 48.2 Å². The van der Waals surface area contributed by atoms with Crippen molar-refractivity contribution < 1.29 is 0 Å². The molecule has 0 aromatic heterocycles. The Morgan fingerprint density at radius 1 is 1.00 bits per heavy atom. The van der Waals surface area contributed by atoms with Gasteiger partial charge >= 0.3 is 0 Å². The molecule has 3 heteroatoms. The lowest BCUT2D eigenvalue weighted by atomic mass is 9.97. The summed E-state index contributed by atoms with van der Waals surface area (Å²) >= 11 is 6.14. The van der Waals surface area contributed by atoms with Crippen LogP contribution in [0.3, 0.4) is 0 Å². The van der Waals surface area contributed by atoms with Crippen molar-refractivity contribution in [1.82, 2.24) is 5.32 Å². The molecular weight excluding hydrogens is 268 g/mol. The number of nitrogens with one attached hydrogen (secondary N) is 1. The van der Waals surface area contributed by atoms with E-state index in [1.807, 2.05) is 12.1 Å². The van der Waals surface area contributed by atoms with Crippen LogP contribution in [0.4, 0.5) is 0 Å². The SMILES string of the molecule is NCCNCCCc1ccc(Cl)cc1-c1ccccc1. The molecule has 0 atom stereocenters. The van der Waals surface area contributed by atoms with E-state index in [2.05, 4.69) is 41.7 Å². The Labute approximate surface area is 126 Å². The van der Waals surface area contributed by atoms with Crippen molar-refractivity contribution in [1.29, 1.82) is 0 Å². The highest BCUT2D eigenvalue weighted by Crippen LogP contribution is 2.27. The van der Waals surface area contributed by atoms with Crippen molar-refractivity contribution in [2.24, 2.45) is 5.73 Å². The zero-order valence-corrected chi connectivity index (χ0v) is 12.4. The van der Waals surface area contributed by atoms with Crippen molar-refractivity contribution in [3.8, 4) is 11.1 Å². The van der Waals surface area contributed by atoms with Crippen LogP contribution in [-0.4, -0.2) is 19.6 Å². The van der Waals surface area contributed by atoms with Gasteiger partial charge < -0.3 is 11.1 Å². The van der Waals surface area contributed by atoms with E-state index in [0.717, 1.165) is 31.0 Å². The van der Waals surface area contributed by atoms with E-state index in [4.69, 9.17) is 17.3 Å². The van der Waals surface area contributed by atoms with Crippen molar-refractivity contribution in [2.75, 3.05) is 19.6 Å². The number of hydrogen-bond acceptors (Lipinski definition) is 2. The zero-order chi connectivity index (χ0) is 14.2. The van der Waals surface area contributed by atoms with Gasteiger partial charge in [-0.15, -0.1) is 0 Å². The van der Waals surface area contributed by atoms with Crippen LogP contribution in [0.15, 0.2) is 48.5 Å². The molecule has 20 heavy (non-hydrogen) atoms. The van der Waals surface area contributed by atoms with E-state index in [1.165, 1.54) is 16.7 Å². The van der Waals surface area contributed by atoms with Gasteiger partial charge in [0, 0.05) is 18.1 Å². The third-order valence-electron chi connectivity index (χ3n) is 3.28. The van der Waals surface area contributed by atoms with E-state index in [1.54, 1.807) is 0 Å². The topological polar surface area (TPSA) is 38.0 Å². The Hall–Kier alpha value is -1.35. The summed E-state index contributed by atoms with van der Waals surface area (Å²) in [6.45, 7) is 2.57. The molecule has 0 unspecified atom stereocenters. The van der Waals surface area contributed by atoms with Gasteiger partial charge in [-0.1, -0.05) is 48.0 Å². The first kappa shape index (κ1) is 15.0. The molecule has 0 saturated carbocycles. The summed E-state index contributed by atoms with van der Waals surface area (Å²) < 4.78 is 0. The average molecular weight is 289 g/mol. The number of rotatable bonds is 7. The Bertz CT molecular complexity index is 526. The van der Waals surface area contributed by atoms with Crippen molar-refractivity contribution in [3.63, 3.8) is 0 Å². The normalized spacial score (nSPS) is 10.7. The Kier molecular flexibility index (Phi) is 6.06. The fourth-order valence-corrected chi connectivity index (χ4v) is 2.46. The molecular formula is C17H21ClN2. The van der Waals surface area contributed by atoms with Gasteiger partial charge in [0.1, 0.15) is 0 Å². The third kappa shape index (κ3) is 4.34. The first-order valence-electron chi connectivity index (χ1n) is 7.06. The second-order valence-corrected chi connectivity index (χ2v) is 5.25. The summed E-state index contributed by atoms with van der Waals surface area (Å²) in [6.07, 6.45) is 2.14. The number of hydrogen-bond donors (Lipinski definition) is 2. The Morgan fingerprint density at radius 2 is 1.80 bits per heavy atom. The van der Waals surface area contributed by atoms with E-state index in [0.29, 0.717) is 6.54 Å². The van der Waals surface area contributed by atoms with Gasteiger partial charge in [0.2, 0.25) is 0 Å². The zero-order valence-electron chi connectivity index (χ0n) is 11.6. The van der Waals surface area contributed by atoms with Crippen LogP contribution in [0.2, 0.25) is 5.02 Å². The predicted octanol–water partition coefficient (Wildman–Crippen LogP) is 3.49. The molecule has 106 valence electrons. The van der Waals surface area contributed by atoms with Crippen LogP contribution < -0.4 is 11.1 Å². The molecule has 0 radical (unpaired) electrons. The molecule has 0 spiro atoms. The lowest BCUT2D eigenvalue weighted by Gasteiger charge is -2.11. The summed E-state index contributed by atoms with van der Waals surface area (Å²) in [5, 5.41) is 4.11. The maximum Gasteiger partial charge on any atom is 0.0412 e. The second-order valence-electron chi connectivity index (χ2n) is 4.81.